The summed E-state index contributed by atoms with van der Waals surface area (Å²) in [7, 11) is 0. The third kappa shape index (κ3) is 4.63. The van der Waals surface area contributed by atoms with E-state index in [1.807, 2.05) is 22.7 Å². The zero-order valence-corrected chi connectivity index (χ0v) is 16.7. The minimum atomic E-state index is -0.259. The summed E-state index contributed by atoms with van der Waals surface area (Å²) < 4.78 is 13.1. The molecule has 2 aliphatic rings. The van der Waals surface area contributed by atoms with Gasteiger partial charge in [-0.15, -0.1) is 11.8 Å². The summed E-state index contributed by atoms with van der Waals surface area (Å²) in [6.45, 7) is 2.97. The highest BCUT2D eigenvalue weighted by Crippen LogP contribution is 2.29. The number of hydrogen-bond acceptors (Lipinski definition) is 5. The number of anilines is 1. The predicted molar refractivity (Wildman–Crippen MR) is 111 cm³/mol. The summed E-state index contributed by atoms with van der Waals surface area (Å²) in [5.74, 6) is 1.45. The van der Waals surface area contributed by atoms with Crippen LogP contribution in [0.5, 0.6) is 0 Å². The Balaban J connectivity index is 1.32. The van der Waals surface area contributed by atoms with E-state index in [1.54, 1.807) is 18.5 Å². The van der Waals surface area contributed by atoms with Gasteiger partial charge in [-0.25, -0.2) is 14.4 Å². The van der Waals surface area contributed by atoms with Crippen LogP contribution in [0.3, 0.4) is 0 Å². The highest BCUT2D eigenvalue weighted by Gasteiger charge is 2.24. The van der Waals surface area contributed by atoms with Crippen LogP contribution in [-0.2, 0) is 4.79 Å². The van der Waals surface area contributed by atoms with Crippen molar-refractivity contribution in [3.05, 3.63) is 42.5 Å². The third-order valence-electron chi connectivity index (χ3n) is 5.49. The van der Waals surface area contributed by atoms with Crippen LogP contribution in [0, 0.1) is 5.82 Å². The molecule has 1 amide bonds. The number of thioether (sulfide) groups is 1. The largest absolute Gasteiger partial charge is 0.353 e. The van der Waals surface area contributed by atoms with Gasteiger partial charge in [0.1, 0.15) is 18.0 Å². The lowest BCUT2D eigenvalue weighted by Gasteiger charge is -2.35. The average molecular weight is 401 g/mol. The molecular formula is C21H25FN4OS. The van der Waals surface area contributed by atoms with Gasteiger partial charge in [0, 0.05) is 43.1 Å². The maximum absolute atomic E-state index is 13.1. The molecular weight excluding hydrogens is 375 g/mol. The van der Waals surface area contributed by atoms with Gasteiger partial charge in [-0.3, -0.25) is 4.79 Å². The van der Waals surface area contributed by atoms with Crippen LogP contribution in [0.15, 0.2) is 36.7 Å². The zero-order valence-electron chi connectivity index (χ0n) is 15.9. The topological polar surface area (TPSA) is 49.3 Å². The smallest absolute Gasteiger partial charge is 0.232 e. The molecule has 4 rings (SSSR count). The second kappa shape index (κ2) is 8.90. The molecule has 0 spiro atoms. The average Bonchev–Trinajstić information content (AvgIpc) is 3.26. The Hall–Kier alpha value is -2.15. The molecule has 1 aliphatic heterocycles. The Morgan fingerprint density at radius 3 is 2.50 bits per heavy atom. The van der Waals surface area contributed by atoms with Crippen molar-refractivity contribution in [1.82, 2.24) is 14.9 Å². The molecule has 0 unspecified atom stereocenters. The molecule has 0 N–H and O–H groups in total. The van der Waals surface area contributed by atoms with Crippen LogP contribution in [0.4, 0.5) is 10.2 Å². The van der Waals surface area contributed by atoms with Crippen molar-refractivity contribution in [2.45, 2.75) is 30.9 Å². The molecule has 0 bridgehead atoms. The number of halogens is 1. The number of benzene rings is 1. The van der Waals surface area contributed by atoms with E-state index in [0.717, 1.165) is 43.3 Å². The normalized spacial score (nSPS) is 17.9. The second-order valence-corrected chi connectivity index (χ2v) is 8.64. The lowest BCUT2D eigenvalue weighted by molar-refractivity contribution is -0.128. The van der Waals surface area contributed by atoms with E-state index in [2.05, 4.69) is 14.9 Å². The Labute approximate surface area is 169 Å². The quantitative estimate of drug-likeness (QED) is 0.767. The second-order valence-electron chi connectivity index (χ2n) is 7.35. The summed E-state index contributed by atoms with van der Waals surface area (Å²) in [6.07, 6.45) is 6.68. The molecule has 148 valence electrons. The van der Waals surface area contributed by atoms with Crippen LogP contribution in [-0.4, -0.2) is 58.0 Å². The van der Waals surface area contributed by atoms with E-state index in [0.29, 0.717) is 11.0 Å². The van der Waals surface area contributed by atoms with Gasteiger partial charge in [0.2, 0.25) is 5.91 Å². The van der Waals surface area contributed by atoms with E-state index in [-0.39, 0.29) is 11.7 Å². The highest BCUT2D eigenvalue weighted by molar-refractivity contribution is 8.00. The number of rotatable bonds is 5. The fourth-order valence-electron chi connectivity index (χ4n) is 3.82. The van der Waals surface area contributed by atoms with Gasteiger partial charge >= 0.3 is 0 Å². The summed E-state index contributed by atoms with van der Waals surface area (Å²) >= 11 is 1.83. The number of aromatic nitrogens is 2. The van der Waals surface area contributed by atoms with Crippen molar-refractivity contribution in [2.24, 2.45) is 0 Å². The monoisotopic (exact) mass is 400 g/mol. The minimum Gasteiger partial charge on any atom is -0.353 e. The number of nitrogens with zero attached hydrogens (tertiary/aromatic N) is 4. The molecule has 5 nitrogen and oxygen atoms in total. The van der Waals surface area contributed by atoms with E-state index in [4.69, 9.17) is 0 Å². The fraction of sp³-hybridized carbons (Fsp3) is 0.476. The number of carbonyl (C=O) groups excluding carboxylic acids is 1. The lowest BCUT2D eigenvalue weighted by atomic mass is 10.1. The minimum absolute atomic E-state index is 0.256. The van der Waals surface area contributed by atoms with Gasteiger partial charge in [0.05, 0.1) is 11.4 Å². The van der Waals surface area contributed by atoms with Gasteiger partial charge < -0.3 is 9.80 Å². The van der Waals surface area contributed by atoms with Crippen molar-refractivity contribution in [1.29, 1.82) is 0 Å². The summed E-state index contributed by atoms with van der Waals surface area (Å²) in [4.78, 5) is 25.4. The number of hydrogen-bond donors (Lipinski definition) is 0. The van der Waals surface area contributed by atoms with Crippen molar-refractivity contribution < 1.29 is 9.18 Å². The van der Waals surface area contributed by atoms with Crippen molar-refractivity contribution in [2.75, 3.05) is 36.8 Å². The number of piperazine rings is 1. The van der Waals surface area contributed by atoms with Gasteiger partial charge in [0.25, 0.3) is 0 Å². The Kier molecular flexibility index (Phi) is 6.10. The van der Waals surface area contributed by atoms with E-state index in [9.17, 15) is 9.18 Å². The van der Waals surface area contributed by atoms with E-state index in [1.165, 1.54) is 37.8 Å². The molecule has 2 heterocycles. The molecule has 0 radical (unpaired) electrons. The number of carbonyl (C=O) groups is 1. The molecule has 2 aromatic rings. The number of amides is 1. The van der Waals surface area contributed by atoms with Gasteiger partial charge in [-0.1, -0.05) is 12.8 Å². The Morgan fingerprint density at radius 2 is 1.79 bits per heavy atom. The first-order chi connectivity index (χ1) is 13.7. The molecule has 28 heavy (non-hydrogen) atoms. The van der Waals surface area contributed by atoms with Crippen molar-refractivity contribution in [3.8, 4) is 11.3 Å². The molecule has 2 fully saturated rings. The standard InChI is InChI=1S/C21H25FN4OS/c22-17-7-5-16(6-8-17)19-13-20(24-15-23-19)25-9-11-26(12-10-25)21(27)14-28-18-3-1-2-4-18/h5-8,13,15,18H,1-4,9-12,14H2. The first-order valence-electron chi connectivity index (χ1n) is 9.91. The molecule has 1 saturated heterocycles. The van der Waals surface area contributed by atoms with Crippen LogP contribution >= 0.6 is 11.8 Å². The first kappa shape index (κ1) is 19.2. The van der Waals surface area contributed by atoms with E-state index < -0.39 is 0 Å². The molecule has 1 aromatic carbocycles. The summed E-state index contributed by atoms with van der Waals surface area (Å²) in [5, 5.41) is 0.677. The molecule has 7 heteroatoms. The van der Waals surface area contributed by atoms with Crippen LogP contribution in [0.1, 0.15) is 25.7 Å². The molecule has 1 aliphatic carbocycles. The van der Waals surface area contributed by atoms with Crippen LogP contribution in [0.25, 0.3) is 11.3 Å². The van der Waals surface area contributed by atoms with Crippen LogP contribution < -0.4 is 4.90 Å². The SMILES string of the molecule is O=C(CSC1CCCC1)N1CCN(c2cc(-c3ccc(F)cc3)ncn2)CC1. The lowest BCUT2D eigenvalue weighted by Crippen LogP contribution is -2.49. The predicted octanol–water partition coefficient (Wildman–Crippen LogP) is 3.61. The van der Waals surface area contributed by atoms with Gasteiger partial charge in [-0.05, 0) is 37.1 Å². The Bertz CT molecular complexity index is 802. The first-order valence-corrected chi connectivity index (χ1v) is 11.0. The fourth-order valence-corrected chi connectivity index (χ4v) is 5.05. The summed E-state index contributed by atoms with van der Waals surface area (Å²) in [6, 6.07) is 8.25. The van der Waals surface area contributed by atoms with Crippen LogP contribution in [0.2, 0.25) is 0 Å². The van der Waals surface area contributed by atoms with Gasteiger partial charge in [0.15, 0.2) is 0 Å². The maximum atomic E-state index is 13.1. The zero-order chi connectivity index (χ0) is 19.3. The van der Waals surface area contributed by atoms with Gasteiger partial charge in [-0.2, -0.15) is 0 Å². The highest BCUT2D eigenvalue weighted by atomic mass is 32.2. The molecule has 1 aromatic heterocycles. The maximum Gasteiger partial charge on any atom is 0.232 e. The van der Waals surface area contributed by atoms with E-state index >= 15 is 0 Å². The van der Waals surface area contributed by atoms with Crippen molar-refractivity contribution >= 4 is 23.5 Å². The molecule has 0 atom stereocenters. The Morgan fingerprint density at radius 1 is 1.07 bits per heavy atom. The molecule has 1 saturated carbocycles. The summed E-state index contributed by atoms with van der Waals surface area (Å²) in [5.41, 5.74) is 1.64. The third-order valence-corrected chi connectivity index (χ3v) is 6.85. The van der Waals surface area contributed by atoms with Crippen molar-refractivity contribution in [3.63, 3.8) is 0 Å².